The van der Waals surface area contributed by atoms with Gasteiger partial charge in [0, 0.05) is 32.3 Å². The Balaban J connectivity index is 1.75. The van der Waals surface area contributed by atoms with Gasteiger partial charge in [0.15, 0.2) is 0 Å². The van der Waals surface area contributed by atoms with Gasteiger partial charge in [-0.2, -0.15) is 0 Å². The quantitative estimate of drug-likeness (QED) is 0.837. The number of ether oxygens (including phenoxy) is 2. The number of hydrogen-bond donors (Lipinski definition) is 1. The molecule has 0 radical (unpaired) electrons. The third-order valence-electron chi connectivity index (χ3n) is 4.13. The number of piperidine rings is 1. The van der Waals surface area contributed by atoms with Gasteiger partial charge in [0.25, 0.3) is 0 Å². The molecule has 0 spiro atoms. The Morgan fingerprint density at radius 2 is 1.95 bits per heavy atom. The van der Waals surface area contributed by atoms with Crippen LogP contribution in [0.4, 0.5) is 4.79 Å². The molecule has 1 aliphatic heterocycles. The lowest BCUT2D eigenvalue weighted by atomic mass is 10.2. The van der Waals surface area contributed by atoms with E-state index in [4.69, 9.17) is 9.47 Å². The number of carbonyl (C=O) groups excluding carboxylic acids is 1. The van der Waals surface area contributed by atoms with Crippen LogP contribution in [0.3, 0.4) is 0 Å². The molecule has 3 unspecified atom stereocenters. The summed E-state index contributed by atoms with van der Waals surface area (Å²) in [5.41, 5.74) is -0.409. The average molecular weight is 284 g/mol. The molecule has 1 saturated heterocycles. The molecule has 0 aromatic rings. The molecule has 1 aliphatic carbocycles. The molecule has 1 amide bonds. The van der Waals surface area contributed by atoms with Crippen LogP contribution in [0, 0.1) is 11.8 Å². The zero-order valence-corrected chi connectivity index (χ0v) is 13.3. The van der Waals surface area contributed by atoms with Gasteiger partial charge < -0.3 is 19.7 Å². The van der Waals surface area contributed by atoms with Crippen molar-refractivity contribution in [3.8, 4) is 0 Å². The first kappa shape index (κ1) is 15.6. The lowest BCUT2D eigenvalue weighted by molar-refractivity contribution is 0.0267. The van der Waals surface area contributed by atoms with Gasteiger partial charge in [0.05, 0.1) is 6.61 Å². The smallest absolute Gasteiger partial charge is 0.410 e. The van der Waals surface area contributed by atoms with E-state index in [1.165, 1.54) is 0 Å². The number of hydrogen-bond acceptors (Lipinski definition) is 4. The maximum Gasteiger partial charge on any atom is 0.410 e. The summed E-state index contributed by atoms with van der Waals surface area (Å²) in [6.45, 7) is 10.3. The lowest BCUT2D eigenvalue weighted by Gasteiger charge is -2.26. The molecule has 1 heterocycles. The van der Waals surface area contributed by atoms with Crippen LogP contribution in [-0.4, -0.2) is 55.5 Å². The highest BCUT2D eigenvalue weighted by molar-refractivity contribution is 5.69. The molecule has 5 heteroatoms. The molecular weight excluding hydrogens is 256 g/mol. The first-order chi connectivity index (χ1) is 9.35. The Morgan fingerprint density at radius 1 is 1.35 bits per heavy atom. The van der Waals surface area contributed by atoms with Crippen LogP contribution in [0.25, 0.3) is 0 Å². The van der Waals surface area contributed by atoms with Gasteiger partial charge in [-0.3, -0.25) is 0 Å². The second-order valence-corrected chi connectivity index (χ2v) is 6.97. The minimum atomic E-state index is -0.409. The normalized spacial score (nSPS) is 30.1. The van der Waals surface area contributed by atoms with E-state index in [0.717, 1.165) is 26.1 Å². The molecule has 2 fully saturated rings. The number of nitrogens with one attached hydrogen (secondary N) is 1. The molecule has 0 bridgehead atoms. The SMILES string of the molecule is CCC(COC)NC1C2CN(C(=O)OC(C)(C)C)CC21. The minimum Gasteiger partial charge on any atom is -0.444 e. The average Bonchev–Trinajstić information content (AvgIpc) is 2.80. The van der Waals surface area contributed by atoms with Crippen molar-refractivity contribution in [3.05, 3.63) is 0 Å². The van der Waals surface area contributed by atoms with Crippen molar-refractivity contribution in [1.82, 2.24) is 10.2 Å². The van der Waals surface area contributed by atoms with Crippen LogP contribution < -0.4 is 5.32 Å². The van der Waals surface area contributed by atoms with E-state index in [1.807, 2.05) is 25.7 Å². The Labute approximate surface area is 122 Å². The highest BCUT2D eigenvalue weighted by Crippen LogP contribution is 2.46. The first-order valence-corrected chi connectivity index (χ1v) is 7.58. The topological polar surface area (TPSA) is 50.8 Å². The van der Waals surface area contributed by atoms with Crippen LogP contribution in [0.2, 0.25) is 0 Å². The van der Waals surface area contributed by atoms with Gasteiger partial charge in [-0.05, 0) is 39.0 Å². The van der Waals surface area contributed by atoms with Crippen LogP contribution in [0.1, 0.15) is 34.1 Å². The Kier molecular flexibility index (Phi) is 4.59. The molecule has 20 heavy (non-hydrogen) atoms. The number of methoxy groups -OCH3 is 1. The molecule has 2 aliphatic rings. The van der Waals surface area contributed by atoms with E-state index in [-0.39, 0.29) is 6.09 Å². The molecule has 0 aromatic heterocycles. The maximum absolute atomic E-state index is 12.0. The number of nitrogens with zero attached hydrogens (tertiary/aromatic N) is 1. The van der Waals surface area contributed by atoms with E-state index in [0.29, 0.717) is 23.9 Å². The molecule has 0 aromatic carbocycles. The fraction of sp³-hybridized carbons (Fsp3) is 0.933. The summed E-state index contributed by atoms with van der Waals surface area (Å²) in [6, 6.07) is 0.972. The second kappa shape index (κ2) is 5.90. The van der Waals surface area contributed by atoms with Crippen molar-refractivity contribution in [2.75, 3.05) is 26.8 Å². The summed E-state index contributed by atoms with van der Waals surface area (Å²) >= 11 is 0. The Bertz CT molecular complexity index is 342. The number of carbonyl (C=O) groups is 1. The Hall–Kier alpha value is -0.810. The fourth-order valence-corrected chi connectivity index (χ4v) is 3.01. The van der Waals surface area contributed by atoms with E-state index < -0.39 is 5.60 Å². The van der Waals surface area contributed by atoms with E-state index in [2.05, 4.69) is 12.2 Å². The summed E-state index contributed by atoms with van der Waals surface area (Å²) in [7, 11) is 1.74. The summed E-state index contributed by atoms with van der Waals surface area (Å²) < 4.78 is 10.6. The first-order valence-electron chi connectivity index (χ1n) is 7.58. The van der Waals surface area contributed by atoms with Gasteiger partial charge in [-0.25, -0.2) is 4.79 Å². The van der Waals surface area contributed by atoms with Crippen LogP contribution >= 0.6 is 0 Å². The highest BCUT2D eigenvalue weighted by Gasteiger charge is 2.57. The number of likely N-dealkylation sites (tertiary alicyclic amines) is 1. The molecule has 1 saturated carbocycles. The number of rotatable bonds is 5. The van der Waals surface area contributed by atoms with Gasteiger partial charge in [-0.1, -0.05) is 6.92 Å². The van der Waals surface area contributed by atoms with Crippen molar-refractivity contribution in [1.29, 1.82) is 0 Å². The van der Waals surface area contributed by atoms with E-state index >= 15 is 0 Å². The molecule has 5 nitrogen and oxygen atoms in total. The van der Waals surface area contributed by atoms with Crippen LogP contribution in [0.15, 0.2) is 0 Å². The number of amides is 1. The van der Waals surface area contributed by atoms with Gasteiger partial charge in [0.1, 0.15) is 5.60 Å². The summed E-state index contributed by atoms with van der Waals surface area (Å²) in [6.07, 6.45) is 0.895. The second-order valence-electron chi connectivity index (χ2n) is 6.97. The fourth-order valence-electron chi connectivity index (χ4n) is 3.01. The van der Waals surface area contributed by atoms with Crippen molar-refractivity contribution in [2.24, 2.45) is 11.8 Å². The number of fused-ring (bicyclic) bond motifs is 1. The standard InChI is InChI=1S/C15H28N2O3/c1-6-10(9-19-5)16-13-11-7-17(8-12(11)13)14(18)20-15(2,3)4/h10-13,16H,6-9H2,1-5H3. The molecule has 1 N–H and O–H groups in total. The zero-order valence-electron chi connectivity index (χ0n) is 13.3. The van der Waals surface area contributed by atoms with E-state index in [9.17, 15) is 4.79 Å². The molecule has 2 rings (SSSR count). The van der Waals surface area contributed by atoms with Crippen molar-refractivity contribution >= 4 is 6.09 Å². The molecular formula is C15H28N2O3. The summed E-state index contributed by atoms with van der Waals surface area (Å²) in [5, 5.41) is 3.65. The van der Waals surface area contributed by atoms with Crippen molar-refractivity contribution in [3.63, 3.8) is 0 Å². The van der Waals surface area contributed by atoms with Gasteiger partial charge in [0.2, 0.25) is 0 Å². The minimum absolute atomic E-state index is 0.174. The van der Waals surface area contributed by atoms with Crippen molar-refractivity contribution in [2.45, 2.75) is 51.8 Å². The van der Waals surface area contributed by atoms with Gasteiger partial charge in [-0.15, -0.1) is 0 Å². The summed E-state index contributed by atoms with van der Waals surface area (Å²) in [4.78, 5) is 13.8. The van der Waals surface area contributed by atoms with Crippen molar-refractivity contribution < 1.29 is 14.3 Å². The largest absolute Gasteiger partial charge is 0.444 e. The zero-order chi connectivity index (χ0) is 14.9. The third kappa shape index (κ3) is 3.64. The van der Waals surface area contributed by atoms with Crippen LogP contribution in [-0.2, 0) is 9.47 Å². The Morgan fingerprint density at radius 3 is 2.40 bits per heavy atom. The predicted molar refractivity (Wildman–Crippen MR) is 77.7 cm³/mol. The van der Waals surface area contributed by atoms with Crippen LogP contribution in [0.5, 0.6) is 0 Å². The highest BCUT2D eigenvalue weighted by atomic mass is 16.6. The monoisotopic (exact) mass is 284 g/mol. The predicted octanol–water partition coefficient (Wildman–Crippen LogP) is 1.87. The van der Waals surface area contributed by atoms with Gasteiger partial charge >= 0.3 is 6.09 Å². The molecule has 116 valence electrons. The third-order valence-corrected chi connectivity index (χ3v) is 4.13. The molecule has 3 atom stereocenters. The summed E-state index contributed by atoms with van der Waals surface area (Å²) in [5.74, 6) is 1.18. The van der Waals surface area contributed by atoms with E-state index in [1.54, 1.807) is 7.11 Å². The maximum atomic E-state index is 12.0. The lowest BCUT2D eigenvalue weighted by Crippen LogP contribution is -2.42.